The molecule has 14 heavy (non-hydrogen) atoms. The molecule has 0 unspecified atom stereocenters. The minimum atomic E-state index is -0.318. The Bertz CT molecular complexity index is 149. The van der Waals surface area contributed by atoms with Crippen molar-refractivity contribution in [2.75, 3.05) is 13.1 Å². The number of carbonyl (C=O) groups is 1. The smallest absolute Gasteiger partial charge is 0.293 e. The molecule has 0 saturated carbocycles. The van der Waals surface area contributed by atoms with Gasteiger partial charge in [0.2, 0.25) is 0 Å². The van der Waals surface area contributed by atoms with E-state index in [0.717, 1.165) is 13.1 Å². The lowest BCUT2D eigenvalue weighted by molar-refractivity contribution is -0.138. The number of nitrogens with two attached hydrogens (primary N) is 1. The molecule has 1 aliphatic heterocycles. The van der Waals surface area contributed by atoms with Crippen molar-refractivity contribution in [2.45, 2.75) is 45.3 Å². The Hall–Kier alpha value is -0.610. The molecule has 4 heteroatoms. The predicted octanol–water partition coefficient (Wildman–Crippen LogP) is 0.655. The lowest BCUT2D eigenvalue weighted by atomic mass is 10.1. The van der Waals surface area contributed by atoms with Gasteiger partial charge in [-0.05, 0) is 40.2 Å². The maximum absolute atomic E-state index is 9.60. The molecule has 1 atom stereocenters. The van der Waals surface area contributed by atoms with E-state index in [-0.39, 0.29) is 5.60 Å². The maximum atomic E-state index is 9.60. The molecule has 0 aromatic rings. The number of hydrogen-bond donors (Lipinski definition) is 2. The van der Waals surface area contributed by atoms with Crippen LogP contribution in [0.3, 0.4) is 0 Å². The van der Waals surface area contributed by atoms with Gasteiger partial charge in [-0.25, -0.2) is 0 Å². The number of rotatable bonds is 1. The fourth-order valence-electron chi connectivity index (χ4n) is 1.02. The van der Waals surface area contributed by atoms with Gasteiger partial charge < -0.3 is 15.8 Å². The summed E-state index contributed by atoms with van der Waals surface area (Å²) in [6, 6.07) is 0.425. The van der Waals surface area contributed by atoms with Crippen molar-refractivity contribution in [1.29, 1.82) is 0 Å². The second-order valence-electron chi connectivity index (χ2n) is 4.43. The first-order valence-electron chi connectivity index (χ1n) is 5.03. The Morgan fingerprint density at radius 2 is 2.14 bits per heavy atom. The summed E-state index contributed by atoms with van der Waals surface area (Å²) < 4.78 is 4.55. The van der Waals surface area contributed by atoms with Crippen LogP contribution in [0.5, 0.6) is 0 Å². The predicted molar refractivity (Wildman–Crippen MR) is 57.0 cm³/mol. The van der Waals surface area contributed by atoms with E-state index in [4.69, 9.17) is 5.73 Å². The molecule has 1 rings (SSSR count). The molecule has 0 radical (unpaired) electrons. The van der Waals surface area contributed by atoms with E-state index in [0.29, 0.717) is 12.5 Å². The van der Waals surface area contributed by atoms with Crippen LogP contribution in [0, 0.1) is 0 Å². The van der Waals surface area contributed by atoms with Crippen LogP contribution in [-0.4, -0.2) is 31.2 Å². The van der Waals surface area contributed by atoms with Crippen molar-refractivity contribution in [3.63, 3.8) is 0 Å². The quantitative estimate of drug-likeness (QED) is 0.613. The molecule has 1 saturated heterocycles. The van der Waals surface area contributed by atoms with Gasteiger partial charge in [0.25, 0.3) is 6.47 Å². The third-order valence-corrected chi connectivity index (χ3v) is 1.74. The Labute approximate surface area is 86.2 Å². The average Bonchev–Trinajstić information content (AvgIpc) is 2.04. The normalized spacial score (nSPS) is 21.9. The molecule has 1 fully saturated rings. The van der Waals surface area contributed by atoms with E-state index in [2.05, 4.69) is 10.1 Å². The zero-order chi connectivity index (χ0) is 11.0. The summed E-state index contributed by atoms with van der Waals surface area (Å²) in [6.07, 6.45) is 2.45. The zero-order valence-electron chi connectivity index (χ0n) is 9.38. The fraction of sp³-hybridized carbons (Fsp3) is 0.900. The van der Waals surface area contributed by atoms with Crippen molar-refractivity contribution in [3.05, 3.63) is 0 Å². The topological polar surface area (TPSA) is 64.3 Å². The molecular weight excluding hydrogens is 180 g/mol. The van der Waals surface area contributed by atoms with Crippen LogP contribution < -0.4 is 11.1 Å². The third-order valence-electron chi connectivity index (χ3n) is 1.74. The Balaban J connectivity index is 0.000000241. The first-order chi connectivity index (χ1) is 6.45. The lowest BCUT2D eigenvalue weighted by Gasteiger charge is -2.17. The molecular formula is C10H22N2O2. The van der Waals surface area contributed by atoms with Crippen LogP contribution in [0.25, 0.3) is 0 Å². The van der Waals surface area contributed by atoms with E-state index in [1.165, 1.54) is 12.8 Å². The molecule has 0 aromatic heterocycles. The van der Waals surface area contributed by atoms with Crippen molar-refractivity contribution >= 4 is 6.47 Å². The van der Waals surface area contributed by atoms with E-state index in [9.17, 15) is 4.79 Å². The summed E-state index contributed by atoms with van der Waals surface area (Å²) in [5, 5.41) is 3.21. The molecule has 84 valence electrons. The van der Waals surface area contributed by atoms with Crippen molar-refractivity contribution in [1.82, 2.24) is 5.32 Å². The van der Waals surface area contributed by atoms with Gasteiger partial charge >= 0.3 is 0 Å². The highest BCUT2D eigenvalue weighted by Crippen LogP contribution is 2.02. The minimum Gasteiger partial charge on any atom is -0.462 e. The average molecular weight is 202 g/mol. The van der Waals surface area contributed by atoms with Crippen molar-refractivity contribution in [3.8, 4) is 0 Å². The van der Waals surface area contributed by atoms with Crippen LogP contribution in [0.1, 0.15) is 33.6 Å². The van der Waals surface area contributed by atoms with Gasteiger partial charge in [-0.3, -0.25) is 4.79 Å². The summed E-state index contributed by atoms with van der Waals surface area (Å²) in [5.74, 6) is 0. The Morgan fingerprint density at radius 1 is 1.50 bits per heavy atom. The van der Waals surface area contributed by atoms with Crippen LogP contribution in [0.2, 0.25) is 0 Å². The molecule has 0 aliphatic carbocycles. The van der Waals surface area contributed by atoms with Gasteiger partial charge in [-0.1, -0.05) is 0 Å². The molecule has 4 nitrogen and oxygen atoms in total. The molecule has 1 aliphatic rings. The van der Waals surface area contributed by atoms with E-state index >= 15 is 0 Å². The second-order valence-corrected chi connectivity index (χ2v) is 4.43. The Kier molecular flexibility index (Phi) is 6.49. The van der Waals surface area contributed by atoms with E-state index in [1.807, 2.05) is 20.8 Å². The third kappa shape index (κ3) is 9.48. The molecule has 1 heterocycles. The second kappa shape index (κ2) is 6.79. The van der Waals surface area contributed by atoms with Crippen LogP contribution >= 0.6 is 0 Å². The first kappa shape index (κ1) is 13.4. The highest BCUT2D eigenvalue weighted by atomic mass is 16.5. The molecule has 0 aromatic carbocycles. The van der Waals surface area contributed by atoms with E-state index < -0.39 is 0 Å². The van der Waals surface area contributed by atoms with Crippen LogP contribution in [0.15, 0.2) is 0 Å². The SMILES string of the molecule is CC(C)(C)OC=O.N[C@H]1CCCNC1. The Morgan fingerprint density at radius 3 is 2.29 bits per heavy atom. The molecule has 3 N–H and O–H groups in total. The van der Waals surface area contributed by atoms with Crippen molar-refractivity contribution in [2.24, 2.45) is 5.73 Å². The van der Waals surface area contributed by atoms with Gasteiger partial charge in [-0.2, -0.15) is 0 Å². The molecule has 0 bridgehead atoms. The molecule has 0 spiro atoms. The summed E-state index contributed by atoms with van der Waals surface area (Å²) >= 11 is 0. The first-order valence-corrected chi connectivity index (χ1v) is 5.03. The highest BCUT2D eigenvalue weighted by Gasteiger charge is 2.07. The largest absolute Gasteiger partial charge is 0.462 e. The number of ether oxygens (including phenoxy) is 1. The van der Waals surface area contributed by atoms with Crippen molar-refractivity contribution < 1.29 is 9.53 Å². The number of nitrogens with one attached hydrogen (secondary N) is 1. The minimum absolute atomic E-state index is 0.318. The van der Waals surface area contributed by atoms with Gasteiger partial charge in [-0.15, -0.1) is 0 Å². The summed E-state index contributed by atoms with van der Waals surface area (Å²) in [4.78, 5) is 9.60. The van der Waals surface area contributed by atoms with Crippen LogP contribution in [0.4, 0.5) is 0 Å². The van der Waals surface area contributed by atoms with Gasteiger partial charge in [0.1, 0.15) is 5.60 Å². The zero-order valence-corrected chi connectivity index (χ0v) is 9.38. The van der Waals surface area contributed by atoms with Gasteiger partial charge in [0, 0.05) is 12.6 Å². The number of hydrogen-bond acceptors (Lipinski definition) is 4. The fourth-order valence-corrected chi connectivity index (χ4v) is 1.02. The van der Waals surface area contributed by atoms with Gasteiger partial charge in [0.05, 0.1) is 0 Å². The van der Waals surface area contributed by atoms with Gasteiger partial charge in [0.15, 0.2) is 0 Å². The molecule has 0 amide bonds. The number of piperidine rings is 1. The highest BCUT2D eigenvalue weighted by molar-refractivity contribution is 5.37. The summed E-state index contributed by atoms with van der Waals surface area (Å²) in [7, 11) is 0. The maximum Gasteiger partial charge on any atom is 0.293 e. The number of carbonyl (C=O) groups excluding carboxylic acids is 1. The monoisotopic (exact) mass is 202 g/mol. The summed E-state index contributed by atoms with van der Waals surface area (Å²) in [5.41, 5.74) is 5.25. The summed E-state index contributed by atoms with van der Waals surface area (Å²) in [6.45, 7) is 8.10. The lowest BCUT2D eigenvalue weighted by Crippen LogP contribution is -2.39. The van der Waals surface area contributed by atoms with Crippen LogP contribution in [-0.2, 0) is 9.53 Å². The van der Waals surface area contributed by atoms with E-state index in [1.54, 1.807) is 0 Å². The standard InChI is InChI=1S/C5H12N2.C5H10O2/c6-5-2-1-3-7-4-5;1-5(2,3)7-4-6/h5,7H,1-4,6H2;4H,1-3H3/t5-;/m0./s1.